The van der Waals surface area contributed by atoms with E-state index in [0.717, 1.165) is 23.1 Å². The molecule has 42 heavy (non-hydrogen) atoms. The molecule has 1 aromatic heterocycles. The molecule has 0 fully saturated rings. The van der Waals surface area contributed by atoms with Crippen LogP contribution in [0.4, 0.5) is 0 Å². The van der Waals surface area contributed by atoms with E-state index in [-0.39, 0.29) is 5.97 Å². The van der Waals surface area contributed by atoms with Gasteiger partial charge in [-0.25, -0.2) is 14.8 Å². The van der Waals surface area contributed by atoms with E-state index in [1.165, 1.54) is 80.4 Å². The van der Waals surface area contributed by atoms with Crippen LogP contribution in [0.25, 0.3) is 22.5 Å². The highest BCUT2D eigenvalue weighted by Crippen LogP contribution is 2.26. The lowest BCUT2D eigenvalue weighted by atomic mass is 10.0. The zero-order valence-corrected chi connectivity index (χ0v) is 26.0. The van der Waals surface area contributed by atoms with E-state index in [1.807, 2.05) is 60.6 Å². The Morgan fingerprint density at radius 2 is 1.19 bits per heavy atom. The molecule has 4 rings (SSSR count). The van der Waals surface area contributed by atoms with Gasteiger partial charge in [0.15, 0.2) is 5.82 Å². The fourth-order valence-electron chi connectivity index (χ4n) is 4.84. The quantitative estimate of drug-likeness (QED) is 0.0538. The lowest BCUT2D eigenvalue weighted by Gasteiger charge is -2.08. The second-order valence-electron chi connectivity index (χ2n) is 10.9. The predicted octanol–water partition coefficient (Wildman–Crippen LogP) is 10.6. The summed E-state index contributed by atoms with van der Waals surface area (Å²) >= 11 is 1.93. The van der Waals surface area contributed by atoms with Crippen LogP contribution >= 0.6 is 11.8 Å². The highest BCUT2D eigenvalue weighted by atomic mass is 32.2. The number of aryl methyl sites for hydroxylation is 1. The molecule has 0 N–H and O–H groups in total. The summed E-state index contributed by atoms with van der Waals surface area (Å²) in [5.41, 5.74) is 4.80. The Kier molecular flexibility index (Phi) is 13.1. The molecule has 0 aliphatic rings. The molecule has 0 atom stereocenters. The molecule has 220 valence electrons. The summed E-state index contributed by atoms with van der Waals surface area (Å²) in [6.45, 7) is 4.48. The minimum absolute atomic E-state index is 0.376. The van der Waals surface area contributed by atoms with Crippen LogP contribution in [0, 0.1) is 0 Å². The maximum absolute atomic E-state index is 12.8. The summed E-state index contributed by atoms with van der Waals surface area (Å²) in [4.78, 5) is 23.1. The van der Waals surface area contributed by atoms with E-state index in [9.17, 15) is 4.79 Å². The van der Waals surface area contributed by atoms with Crippen molar-refractivity contribution < 1.29 is 9.53 Å². The molecule has 0 saturated carbocycles. The Labute approximate surface area is 256 Å². The fourth-order valence-corrected chi connectivity index (χ4v) is 5.75. The number of thioether (sulfide) groups is 1. The number of ether oxygens (including phenoxy) is 1. The molecule has 5 heteroatoms. The smallest absolute Gasteiger partial charge is 0.343 e. The van der Waals surface area contributed by atoms with Crippen molar-refractivity contribution >= 4 is 17.7 Å². The van der Waals surface area contributed by atoms with Gasteiger partial charge in [-0.05, 0) is 90.2 Å². The van der Waals surface area contributed by atoms with Crippen molar-refractivity contribution in [3.8, 4) is 28.3 Å². The van der Waals surface area contributed by atoms with Crippen molar-refractivity contribution in [2.45, 2.75) is 89.4 Å². The lowest BCUT2D eigenvalue weighted by Crippen LogP contribution is -2.08. The van der Waals surface area contributed by atoms with Gasteiger partial charge in [-0.2, -0.15) is 0 Å². The third-order valence-electron chi connectivity index (χ3n) is 7.42. The first-order chi connectivity index (χ1) is 20.7. The number of carbonyl (C=O) groups excluding carboxylic acids is 1. The Morgan fingerprint density at radius 3 is 1.83 bits per heavy atom. The average Bonchev–Trinajstić information content (AvgIpc) is 3.04. The van der Waals surface area contributed by atoms with Crippen LogP contribution in [-0.2, 0) is 6.42 Å². The van der Waals surface area contributed by atoms with Crippen LogP contribution in [0.2, 0.25) is 0 Å². The van der Waals surface area contributed by atoms with Crippen molar-refractivity contribution in [3.63, 3.8) is 0 Å². The van der Waals surface area contributed by atoms with Gasteiger partial charge < -0.3 is 4.74 Å². The highest BCUT2D eigenvalue weighted by Gasteiger charge is 2.10. The SMILES string of the molecule is CCCCCCCCSc1ccc(-c2ccc(C(=O)Oc3ccc(-c4ncc(CCCCCC)cn4)cc3)cc2)cc1. The van der Waals surface area contributed by atoms with E-state index in [0.29, 0.717) is 17.1 Å². The Balaban J connectivity index is 1.24. The topological polar surface area (TPSA) is 52.1 Å². The van der Waals surface area contributed by atoms with Gasteiger partial charge >= 0.3 is 5.97 Å². The van der Waals surface area contributed by atoms with Crippen molar-refractivity contribution in [2.24, 2.45) is 0 Å². The van der Waals surface area contributed by atoms with E-state index in [2.05, 4.69) is 48.1 Å². The number of unbranched alkanes of at least 4 members (excludes halogenated alkanes) is 8. The summed E-state index contributed by atoms with van der Waals surface area (Å²) in [6, 6.07) is 23.6. The molecule has 4 nitrogen and oxygen atoms in total. The number of rotatable bonds is 17. The number of nitrogens with zero attached hydrogens (tertiary/aromatic N) is 2. The van der Waals surface area contributed by atoms with Gasteiger partial charge in [0.1, 0.15) is 5.75 Å². The molecular formula is C37H44N2O2S. The molecule has 0 spiro atoms. The Hall–Kier alpha value is -3.44. The summed E-state index contributed by atoms with van der Waals surface area (Å²) in [5, 5.41) is 0. The monoisotopic (exact) mass is 580 g/mol. The highest BCUT2D eigenvalue weighted by molar-refractivity contribution is 7.99. The van der Waals surface area contributed by atoms with Gasteiger partial charge in [-0.3, -0.25) is 0 Å². The normalized spacial score (nSPS) is 11.0. The summed E-state index contributed by atoms with van der Waals surface area (Å²) in [6.07, 6.45) is 17.7. The van der Waals surface area contributed by atoms with Gasteiger partial charge in [0, 0.05) is 22.9 Å². The second kappa shape index (κ2) is 17.5. The van der Waals surface area contributed by atoms with Crippen LogP contribution in [0.1, 0.15) is 94.0 Å². The standard InChI is InChI=1S/C37H44N2O2S/c1-3-5-7-9-10-12-26-42-35-24-20-31(21-25-35)30-14-16-33(17-15-30)37(40)41-34-22-18-32(19-23-34)36-38-27-29(28-39-36)13-11-8-6-4-2/h14-25,27-28H,3-13,26H2,1-2H3. The van der Waals surface area contributed by atoms with Crippen LogP contribution < -0.4 is 4.74 Å². The van der Waals surface area contributed by atoms with E-state index < -0.39 is 0 Å². The summed E-state index contributed by atoms with van der Waals surface area (Å²) in [7, 11) is 0. The van der Waals surface area contributed by atoms with Crippen LogP contribution in [0.15, 0.2) is 90.1 Å². The molecule has 0 radical (unpaired) electrons. The first-order valence-electron chi connectivity index (χ1n) is 15.6. The third-order valence-corrected chi connectivity index (χ3v) is 8.52. The molecule has 0 aliphatic carbocycles. The zero-order chi connectivity index (χ0) is 29.4. The summed E-state index contributed by atoms with van der Waals surface area (Å²) in [5.74, 6) is 1.96. The fraction of sp³-hybridized carbons (Fsp3) is 0.378. The van der Waals surface area contributed by atoms with Gasteiger partial charge in [0.05, 0.1) is 5.56 Å². The van der Waals surface area contributed by atoms with Crippen LogP contribution in [0.3, 0.4) is 0 Å². The Bertz CT molecular complexity index is 1330. The maximum Gasteiger partial charge on any atom is 0.343 e. The first-order valence-corrected chi connectivity index (χ1v) is 16.6. The molecule has 0 bridgehead atoms. The van der Waals surface area contributed by atoms with Crippen molar-refractivity contribution in [1.29, 1.82) is 0 Å². The van der Waals surface area contributed by atoms with Crippen molar-refractivity contribution in [2.75, 3.05) is 5.75 Å². The average molecular weight is 581 g/mol. The van der Waals surface area contributed by atoms with Gasteiger partial charge in [-0.1, -0.05) is 89.5 Å². The van der Waals surface area contributed by atoms with Gasteiger partial charge in [-0.15, -0.1) is 11.8 Å². The van der Waals surface area contributed by atoms with Crippen molar-refractivity contribution in [1.82, 2.24) is 9.97 Å². The maximum atomic E-state index is 12.8. The second-order valence-corrected chi connectivity index (χ2v) is 12.0. The molecule has 4 aromatic rings. The minimum atomic E-state index is -0.376. The number of hydrogen-bond donors (Lipinski definition) is 0. The van der Waals surface area contributed by atoms with Gasteiger partial charge in [0.25, 0.3) is 0 Å². The number of carbonyl (C=O) groups is 1. The largest absolute Gasteiger partial charge is 0.423 e. The summed E-state index contributed by atoms with van der Waals surface area (Å²) < 4.78 is 5.63. The molecule has 0 unspecified atom stereocenters. The van der Waals surface area contributed by atoms with Gasteiger partial charge in [0.2, 0.25) is 0 Å². The number of aromatic nitrogens is 2. The van der Waals surface area contributed by atoms with Crippen LogP contribution in [0.5, 0.6) is 5.75 Å². The minimum Gasteiger partial charge on any atom is -0.423 e. The molecule has 0 aliphatic heterocycles. The Morgan fingerprint density at radius 1 is 0.643 bits per heavy atom. The third kappa shape index (κ3) is 10.1. The van der Waals surface area contributed by atoms with E-state index >= 15 is 0 Å². The molecule has 1 heterocycles. The van der Waals surface area contributed by atoms with Crippen molar-refractivity contribution in [3.05, 3.63) is 96.3 Å². The number of benzene rings is 3. The lowest BCUT2D eigenvalue weighted by molar-refractivity contribution is 0.0735. The molecule has 3 aromatic carbocycles. The van der Waals surface area contributed by atoms with E-state index in [4.69, 9.17) is 4.74 Å². The predicted molar refractivity (Wildman–Crippen MR) is 176 cm³/mol. The van der Waals surface area contributed by atoms with E-state index in [1.54, 1.807) is 12.1 Å². The first kappa shape index (κ1) is 31.5. The molecule has 0 amide bonds. The number of hydrogen-bond acceptors (Lipinski definition) is 5. The molecule has 0 saturated heterocycles. The number of esters is 1. The molecular weight excluding hydrogens is 536 g/mol. The van der Waals surface area contributed by atoms with Crippen LogP contribution in [-0.4, -0.2) is 21.7 Å². The zero-order valence-electron chi connectivity index (χ0n) is 25.2.